The lowest BCUT2D eigenvalue weighted by Crippen LogP contribution is -2.30. The second-order valence-electron chi connectivity index (χ2n) is 22.7. The fourth-order valence-electron chi connectivity index (χ4n) is 9.64. The van der Waals surface area contributed by atoms with Crippen LogP contribution in [0.1, 0.15) is 329 Å². The molecule has 1 atom stereocenters. The highest BCUT2D eigenvalue weighted by Crippen LogP contribution is 2.17. The molecule has 0 radical (unpaired) electrons. The van der Waals surface area contributed by atoms with Gasteiger partial charge in [0.1, 0.15) is 13.2 Å². The van der Waals surface area contributed by atoms with Crippen LogP contribution in [0.4, 0.5) is 0 Å². The lowest BCUT2D eigenvalue weighted by molar-refractivity contribution is -0.167. The van der Waals surface area contributed by atoms with Crippen LogP contribution in [0.5, 0.6) is 0 Å². The first-order chi connectivity index (χ1) is 40.0. The summed E-state index contributed by atoms with van der Waals surface area (Å²) in [6.45, 7) is 6.37. The quantitative estimate of drug-likeness (QED) is 0.0261. The Morgan fingerprint density at radius 1 is 0.259 bits per heavy atom. The minimum Gasteiger partial charge on any atom is -0.462 e. The molecule has 6 nitrogen and oxygen atoms in total. The summed E-state index contributed by atoms with van der Waals surface area (Å²) in [4.78, 5) is 38.3. The fourth-order valence-corrected chi connectivity index (χ4v) is 9.64. The van der Waals surface area contributed by atoms with E-state index in [0.29, 0.717) is 19.3 Å². The first-order valence-corrected chi connectivity index (χ1v) is 34.4. The van der Waals surface area contributed by atoms with Gasteiger partial charge in [-0.3, -0.25) is 14.4 Å². The molecule has 0 amide bonds. The zero-order chi connectivity index (χ0) is 58.5. The summed E-state index contributed by atoms with van der Waals surface area (Å²) in [5.74, 6) is -0.911. The predicted molar refractivity (Wildman–Crippen MR) is 353 cm³/mol. The SMILES string of the molecule is CC/C=C\C/C=C\C/C=C\C/C=C\CCCCCCCCCCCCCCCCCCCCCCCCC(=O)OCC(COC(=O)CCCCCCC/C=C\CCCC)OC(=O)CCCCCC/C=C\C/C=C\C/C=C\C/C=C\CC. The van der Waals surface area contributed by atoms with Crippen LogP contribution in [0.3, 0.4) is 0 Å². The van der Waals surface area contributed by atoms with E-state index in [-0.39, 0.29) is 31.1 Å². The van der Waals surface area contributed by atoms with Crippen molar-refractivity contribution in [2.75, 3.05) is 13.2 Å². The first-order valence-electron chi connectivity index (χ1n) is 34.4. The van der Waals surface area contributed by atoms with Crippen LogP contribution in [0.25, 0.3) is 0 Å². The van der Waals surface area contributed by atoms with E-state index < -0.39 is 6.10 Å². The van der Waals surface area contributed by atoms with E-state index in [1.165, 1.54) is 161 Å². The van der Waals surface area contributed by atoms with E-state index in [1.54, 1.807) is 0 Å². The van der Waals surface area contributed by atoms with Crippen LogP contribution in [0.2, 0.25) is 0 Å². The van der Waals surface area contributed by atoms with Crippen molar-refractivity contribution in [2.24, 2.45) is 0 Å². The maximum atomic E-state index is 12.9. The summed E-state index contributed by atoms with van der Waals surface area (Å²) in [5, 5.41) is 0. The molecule has 0 rings (SSSR count). The minimum absolute atomic E-state index is 0.0878. The van der Waals surface area contributed by atoms with Crippen LogP contribution < -0.4 is 0 Å². The van der Waals surface area contributed by atoms with Gasteiger partial charge in [0.15, 0.2) is 6.10 Å². The van der Waals surface area contributed by atoms with Crippen molar-refractivity contribution in [3.63, 3.8) is 0 Å². The summed E-state index contributed by atoms with van der Waals surface area (Å²) < 4.78 is 16.9. The third-order valence-corrected chi connectivity index (χ3v) is 14.7. The van der Waals surface area contributed by atoms with E-state index in [1.807, 2.05) is 0 Å². The van der Waals surface area contributed by atoms with Gasteiger partial charge in [-0.1, -0.05) is 304 Å². The van der Waals surface area contributed by atoms with Crippen molar-refractivity contribution < 1.29 is 28.6 Å². The number of hydrogen-bond acceptors (Lipinski definition) is 6. The van der Waals surface area contributed by atoms with Gasteiger partial charge in [-0.15, -0.1) is 0 Å². The van der Waals surface area contributed by atoms with Crippen molar-refractivity contribution in [2.45, 2.75) is 335 Å². The van der Waals surface area contributed by atoms with Gasteiger partial charge in [0.25, 0.3) is 0 Å². The maximum absolute atomic E-state index is 12.9. The van der Waals surface area contributed by atoms with Crippen LogP contribution >= 0.6 is 0 Å². The lowest BCUT2D eigenvalue weighted by Gasteiger charge is -2.18. The number of unbranched alkanes of at least 4 members (excludes halogenated alkanes) is 33. The number of ether oxygens (including phenoxy) is 3. The molecule has 0 aromatic rings. The Morgan fingerprint density at radius 2 is 0.481 bits per heavy atom. The predicted octanol–water partition coefficient (Wildman–Crippen LogP) is 23.8. The summed E-state index contributed by atoms with van der Waals surface area (Å²) >= 11 is 0. The lowest BCUT2D eigenvalue weighted by atomic mass is 10.0. The van der Waals surface area contributed by atoms with E-state index in [0.717, 1.165) is 128 Å². The molecule has 0 saturated heterocycles. The Kier molecular flexibility index (Phi) is 65.2. The van der Waals surface area contributed by atoms with Crippen LogP contribution in [-0.2, 0) is 28.6 Å². The molecule has 0 fully saturated rings. The Hall–Kier alpha value is -3.93. The molecule has 6 heteroatoms. The van der Waals surface area contributed by atoms with Gasteiger partial charge in [0.05, 0.1) is 0 Å². The van der Waals surface area contributed by atoms with Crippen LogP contribution in [-0.4, -0.2) is 37.2 Å². The monoisotopic (exact) mass is 1120 g/mol. The smallest absolute Gasteiger partial charge is 0.306 e. The fraction of sp³-hybridized carbons (Fsp3) is 0.720. The normalized spacial score (nSPS) is 12.8. The van der Waals surface area contributed by atoms with Crippen molar-refractivity contribution in [3.8, 4) is 0 Å². The van der Waals surface area contributed by atoms with Crippen LogP contribution in [0.15, 0.2) is 109 Å². The average Bonchev–Trinajstić information content (AvgIpc) is 3.47. The first kappa shape index (κ1) is 77.1. The summed E-state index contributed by atoms with van der Waals surface area (Å²) in [5.41, 5.74) is 0. The van der Waals surface area contributed by atoms with Gasteiger partial charge in [-0.05, 0) is 116 Å². The highest BCUT2D eigenvalue weighted by molar-refractivity contribution is 5.71. The molecule has 0 aliphatic rings. The third kappa shape index (κ3) is 66.8. The van der Waals surface area contributed by atoms with Crippen molar-refractivity contribution >= 4 is 17.9 Å². The number of hydrogen-bond donors (Lipinski definition) is 0. The van der Waals surface area contributed by atoms with Crippen molar-refractivity contribution in [1.29, 1.82) is 0 Å². The molecule has 1 unspecified atom stereocenters. The average molecular weight is 1130 g/mol. The molecule has 464 valence electrons. The summed E-state index contributed by atoms with van der Waals surface area (Å²) in [6.07, 6.45) is 94.2. The standard InChI is InChI=1S/C75H128O6/c1-4-7-10-13-16-19-22-24-26-28-29-30-31-32-33-34-35-36-37-38-39-40-41-42-43-44-45-47-48-50-53-56-59-62-65-68-74(77)80-71-72(70-79-73(76)67-64-61-58-55-52-21-18-15-12-9-6-3)81-75(78)69-66-63-60-57-54-51-49-46-27-25-23-20-17-14-11-8-5-2/h7-8,10-11,15-20,24-27,29-30,49,51,72H,4-6,9,12-14,21-23,28,31-48,50,52-71H2,1-3H3/b10-7-,11-8-,18-15-,19-16-,20-17-,26-24-,27-25-,30-29-,51-49-. The maximum Gasteiger partial charge on any atom is 0.306 e. The third-order valence-electron chi connectivity index (χ3n) is 14.7. The van der Waals surface area contributed by atoms with E-state index in [2.05, 4.69) is 130 Å². The number of carbonyl (C=O) groups excluding carboxylic acids is 3. The summed E-state index contributed by atoms with van der Waals surface area (Å²) in [6, 6.07) is 0. The van der Waals surface area contributed by atoms with Crippen molar-refractivity contribution in [3.05, 3.63) is 109 Å². The topological polar surface area (TPSA) is 78.9 Å². The molecule has 0 heterocycles. The Morgan fingerprint density at radius 3 is 0.765 bits per heavy atom. The molecule has 0 aromatic carbocycles. The van der Waals surface area contributed by atoms with Gasteiger partial charge < -0.3 is 14.2 Å². The van der Waals surface area contributed by atoms with Gasteiger partial charge in [0, 0.05) is 19.3 Å². The molecule has 0 N–H and O–H groups in total. The molecule has 0 spiro atoms. The number of carbonyl (C=O) groups is 3. The molecule has 0 bridgehead atoms. The minimum atomic E-state index is -0.794. The molecular weight excluding hydrogens is 997 g/mol. The van der Waals surface area contributed by atoms with Gasteiger partial charge in [0.2, 0.25) is 0 Å². The second kappa shape index (κ2) is 68.6. The van der Waals surface area contributed by atoms with Crippen molar-refractivity contribution in [1.82, 2.24) is 0 Å². The number of esters is 3. The second-order valence-corrected chi connectivity index (χ2v) is 22.7. The number of rotatable bonds is 62. The molecule has 0 aromatic heterocycles. The molecule has 0 aliphatic carbocycles. The zero-order valence-electron chi connectivity index (χ0n) is 53.3. The van der Waals surface area contributed by atoms with E-state index >= 15 is 0 Å². The molecule has 0 saturated carbocycles. The molecule has 81 heavy (non-hydrogen) atoms. The Balaban J connectivity index is 4.10. The van der Waals surface area contributed by atoms with Gasteiger partial charge in [-0.25, -0.2) is 0 Å². The summed E-state index contributed by atoms with van der Waals surface area (Å²) in [7, 11) is 0. The van der Waals surface area contributed by atoms with E-state index in [4.69, 9.17) is 14.2 Å². The Labute approximate surface area is 501 Å². The van der Waals surface area contributed by atoms with Gasteiger partial charge >= 0.3 is 17.9 Å². The highest BCUT2D eigenvalue weighted by atomic mass is 16.6. The van der Waals surface area contributed by atoms with E-state index in [9.17, 15) is 14.4 Å². The van der Waals surface area contributed by atoms with Crippen LogP contribution in [0, 0.1) is 0 Å². The molecular formula is C75H128O6. The highest BCUT2D eigenvalue weighted by Gasteiger charge is 2.19. The largest absolute Gasteiger partial charge is 0.462 e. The number of allylic oxidation sites excluding steroid dienone is 18. The Bertz CT molecular complexity index is 1620. The zero-order valence-corrected chi connectivity index (χ0v) is 53.3. The van der Waals surface area contributed by atoms with Gasteiger partial charge in [-0.2, -0.15) is 0 Å². The molecule has 0 aliphatic heterocycles.